The Balaban J connectivity index is 1.71. The molecule has 2 atom stereocenters. The number of nitrogens with two attached hydrogens (primary N) is 1. The number of unbranched alkanes of at least 4 members (excludes halogenated alkanes) is 1. The van der Waals surface area contributed by atoms with Crippen LogP contribution in [0.2, 0.25) is 0 Å². The maximum atomic E-state index is 5.72. The third-order valence-corrected chi connectivity index (χ3v) is 5.51. The molecule has 0 saturated carbocycles. The Labute approximate surface area is 157 Å². The van der Waals surface area contributed by atoms with E-state index in [1.807, 2.05) is 12.3 Å². The van der Waals surface area contributed by atoms with Gasteiger partial charge in [0, 0.05) is 31.4 Å². The summed E-state index contributed by atoms with van der Waals surface area (Å²) in [6, 6.07) is 13.8. The van der Waals surface area contributed by atoms with Crippen molar-refractivity contribution in [3.05, 3.63) is 65.0 Å². The highest BCUT2D eigenvalue weighted by Gasteiger charge is 2.24. The van der Waals surface area contributed by atoms with Gasteiger partial charge in [0.1, 0.15) is 0 Å². The van der Waals surface area contributed by atoms with Gasteiger partial charge in [-0.2, -0.15) is 0 Å². The molecule has 0 fully saturated rings. The normalized spacial score (nSPS) is 17.9. The van der Waals surface area contributed by atoms with E-state index in [9.17, 15) is 0 Å². The van der Waals surface area contributed by atoms with Crippen LogP contribution in [0, 0.1) is 6.92 Å². The highest BCUT2D eigenvalue weighted by Crippen LogP contribution is 2.24. The number of pyridine rings is 1. The number of rotatable bonds is 8. The standard InChI is InChI=1S/C22H32N4/c1-17-8-7-12-24-22(17)18(2)26(13-6-5-11-23)16-21-14-19-9-3-4-10-20(19)15-25-21/h3-4,7-10,12,18,21,25H,5-6,11,13-16,23H2,1-2H3/t18-,21?/m0/s1. The minimum Gasteiger partial charge on any atom is -0.330 e. The third-order valence-electron chi connectivity index (χ3n) is 5.51. The second kappa shape index (κ2) is 9.26. The molecule has 0 amide bonds. The monoisotopic (exact) mass is 352 g/mol. The predicted molar refractivity (Wildman–Crippen MR) is 108 cm³/mol. The van der Waals surface area contributed by atoms with Crippen LogP contribution in [-0.2, 0) is 13.0 Å². The van der Waals surface area contributed by atoms with Crippen LogP contribution in [0.5, 0.6) is 0 Å². The first kappa shape index (κ1) is 19.0. The number of hydrogen-bond donors (Lipinski definition) is 2. The van der Waals surface area contributed by atoms with Crippen LogP contribution in [-0.4, -0.2) is 35.6 Å². The van der Waals surface area contributed by atoms with Gasteiger partial charge in [0.25, 0.3) is 0 Å². The zero-order chi connectivity index (χ0) is 18.4. The highest BCUT2D eigenvalue weighted by molar-refractivity contribution is 5.30. The summed E-state index contributed by atoms with van der Waals surface area (Å²) in [4.78, 5) is 7.25. The SMILES string of the molecule is Cc1cccnc1[C@H](C)N(CCCCN)CC1Cc2ccccc2CN1. The average Bonchev–Trinajstić information content (AvgIpc) is 2.67. The summed E-state index contributed by atoms with van der Waals surface area (Å²) in [5, 5.41) is 3.73. The topological polar surface area (TPSA) is 54.2 Å². The first-order chi connectivity index (χ1) is 12.7. The molecule has 26 heavy (non-hydrogen) atoms. The van der Waals surface area contributed by atoms with Crippen molar-refractivity contribution in [3.63, 3.8) is 0 Å². The van der Waals surface area contributed by atoms with Crippen molar-refractivity contribution in [1.82, 2.24) is 15.2 Å². The minimum atomic E-state index is 0.313. The van der Waals surface area contributed by atoms with Crippen LogP contribution < -0.4 is 11.1 Å². The van der Waals surface area contributed by atoms with Crippen LogP contribution in [0.4, 0.5) is 0 Å². The fraction of sp³-hybridized carbons (Fsp3) is 0.500. The Morgan fingerprint density at radius 2 is 2.00 bits per heavy atom. The minimum absolute atomic E-state index is 0.313. The van der Waals surface area contributed by atoms with Gasteiger partial charge in [0.15, 0.2) is 0 Å². The van der Waals surface area contributed by atoms with Crippen LogP contribution >= 0.6 is 0 Å². The second-order valence-corrected chi connectivity index (χ2v) is 7.42. The van der Waals surface area contributed by atoms with Gasteiger partial charge in [-0.25, -0.2) is 0 Å². The fourth-order valence-electron chi connectivity index (χ4n) is 3.94. The van der Waals surface area contributed by atoms with Crippen LogP contribution in [0.15, 0.2) is 42.6 Å². The van der Waals surface area contributed by atoms with Gasteiger partial charge in [-0.3, -0.25) is 9.88 Å². The number of fused-ring (bicyclic) bond motifs is 1. The number of aromatic nitrogens is 1. The van der Waals surface area contributed by atoms with Crippen molar-refractivity contribution in [2.75, 3.05) is 19.6 Å². The first-order valence-corrected chi connectivity index (χ1v) is 9.85. The summed E-state index contributed by atoms with van der Waals surface area (Å²) in [7, 11) is 0. The van der Waals surface area contributed by atoms with Gasteiger partial charge in [0.2, 0.25) is 0 Å². The number of hydrogen-bond acceptors (Lipinski definition) is 4. The Morgan fingerprint density at radius 3 is 2.77 bits per heavy atom. The molecule has 0 radical (unpaired) electrons. The lowest BCUT2D eigenvalue weighted by molar-refractivity contribution is 0.177. The largest absolute Gasteiger partial charge is 0.330 e. The summed E-state index contributed by atoms with van der Waals surface area (Å²) in [6.07, 6.45) is 5.21. The lowest BCUT2D eigenvalue weighted by Gasteiger charge is -2.35. The van der Waals surface area contributed by atoms with Gasteiger partial charge in [-0.05, 0) is 69.0 Å². The molecular formula is C22H32N4. The predicted octanol–water partition coefficient (Wildman–Crippen LogP) is 3.21. The molecule has 1 aliphatic rings. The Hall–Kier alpha value is -1.75. The molecule has 2 heterocycles. The van der Waals surface area contributed by atoms with Gasteiger partial charge >= 0.3 is 0 Å². The maximum absolute atomic E-state index is 5.72. The van der Waals surface area contributed by atoms with Crippen LogP contribution in [0.1, 0.15) is 48.2 Å². The first-order valence-electron chi connectivity index (χ1n) is 9.85. The van der Waals surface area contributed by atoms with E-state index in [1.54, 1.807) is 0 Å². The van der Waals surface area contributed by atoms with E-state index in [4.69, 9.17) is 5.73 Å². The molecular weight excluding hydrogens is 320 g/mol. The quantitative estimate of drug-likeness (QED) is 0.716. The Kier molecular flexibility index (Phi) is 6.78. The molecule has 0 saturated heterocycles. The smallest absolute Gasteiger partial charge is 0.0601 e. The van der Waals surface area contributed by atoms with E-state index in [0.717, 1.165) is 45.4 Å². The van der Waals surface area contributed by atoms with Crippen molar-refractivity contribution in [3.8, 4) is 0 Å². The fourth-order valence-corrected chi connectivity index (χ4v) is 3.94. The van der Waals surface area contributed by atoms with Gasteiger partial charge in [-0.15, -0.1) is 0 Å². The molecule has 4 nitrogen and oxygen atoms in total. The molecule has 4 heteroatoms. The zero-order valence-electron chi connectivity index (χ0n) is 16.1. The lowest BCUT2D eigenvalue weighted by Crippen LogP contribution is -2.46. The van der Waals surface area contributed by atoms with Crippen molar-refractivity contribution >= 4 is 0 Å². The summed E-state index contributed by atoms with van der Waals surface area (Å²) < 4.78 is 0. The molecule has 140 valence electrons. The highest BCUT2D eigenvalue weighted by atomic mass is 15.2. The molecule has 1 aromatic heterocycles. The van der Waals surface area contributed by atoms with Gasteiger partial charge in [0.05, 0.1) is 5.69 Å². The number of nitrogens with zero attached hydrogens (tertiary/aromatic N) is 2. The number of benzene rings is 1. The van der Waals surface area contributed by atoms with Crippen LogP contribution in [0.3, 0.4) is 0 Å². The van der Waals surface area contributed by atoms with E-state index in [1.165, 1.54) is 22.4 Å². The van der Waals surface area contributed by atoms with E-state index in [0.29, 0.717) is 12.1 Å². The van der Waals surface area contributed by atoms with Gasteiger partial charge < -0.3 is 11.1 Å². The summed E-state index contributed by atoms with van der Waals surface area (Å²) in [5.41, 5.74) is 11.1. The summed E-state index contributed by atoms with van der Waals surface area (Å²) in [5.74, 6) is 0. The molecule has 3 N–H and O–H groups in total. The molecule has 1 unspecified atom stereocenters. The average molecular weight is 353 g/mol. The van der Waals surface area contributed by atoms with E-state index < -0.39 is 0 Å². The van der Waals surface area contributed by atoms with E-state index in [2.05, 4.69) is 59.4 Å². The Bertz CT molecular complexity index is 700. The summed E-state index contributed by atoms with van der Waals surface area (Å²) in [6.45, 7) is 8.28. The lowest BCUT2D eigenvalue weighted by atomic mass is 9.95. The molecule has 0 bridgehead atoms. The Morgan fingerprint density at radius 1 is 1.19 bits per heavy atom. The molecule has 3 rings (SSSR count). The van der Waals surface area contributed by atoms with Crippen molar-refractivity contribution in [1.29, 1.82) is 0 Å². The summed E-state index contributed by atoms with van der Waals surface area (Å²) >= 11 is 0. The molecule has 2 aromatic rings. The van der Waals surface area contributed by atoms with Crippen molar-refractivity contribution < 1.29 is 0 Å². The second-order valence-electron chi connectivity index (χ2n) is 7.42. The molecule has 0 spiro atoms. The van der Waals surface area contributed by atoms with Crippen molar-refractivity contribution in [2.45, 2.75) is 51.7 Å². The zero-order valence-corrected chi connectivity index (χ0v) is 16.1. The van der Waals surface area contributed by atoms with E-state index in [-0.39, 0.29) is 0 Å². The molecule has 0 aliphatic carbocycles. The maximum Gasteiger partial charge on any atom is 0.0601 e. The number of aryl methyl sites for hydroxylation is 1. The van der Waals surface area contributed by atoms with Gasteiger partial charge in [-0.1, -0.05) is 30.3 Å². The van der Waals surface area contributed by atoms with E-state index >= 15 is 0 Å². The molecule has 1 aliphatic heterocycles. The number of nitrogens with one attached hydrogen (secondary N) is 1. The van der Waals surface area contributed by atoms with Crippen LogP contribution in [0.25, 0.3) is 0 Å². The molecule has 1 aromatic carbocycles. The third kappa shape index (κ3) is 4.70. The van der Waals surface area contributed by atoms with Crippen molar-refractivity contribution in [2.24, 2.45) is 5.73 Å².